The molecule has 3 N–H and O–H groups in total. The Morgan fingerprint density at radius 2 is 2.15 bits per heavy atom. The SMILES string of the molecule is COc1cccc(C=NNc2nc(N)cs2)c1OCc1cccc(Br)c1. The van der Waals surface area contributed by atoms with E-state index in [-0.39, 0.29) is 0 Å². The number of halogens is 1. The van der Waals surface area contributed by atoms with E-state index < -0.39 is 0 Å². The number of para-hydroxylation sites is 1. The standard InChI is InChI=1S/C18H17BrN4O2S/c1-24-15-7-3-5-13(9-21-23-18-22-16(20)11-26-18)17(15)25-10-12-4-2-6-14(19)8-12/h2-9,11H,10,20H2,1H3,(H,22,23). The van der Waals surface area contributed by atoms with Gasteiger partial charge >= 0.3 is 0 Å². The number of benzene rings is 2. The number of thiazole rings is 1. The summed E-state index contributed by atoms with van der Waals surface area (Å²) in [6, 6.07) is 13.6. The molecule has 0 aliphatic carbocycles. The highest BCUT2D eigenvalue weighted by Gasteiger charge is 2.10. The molecule has 0 saturated carbocycles. The zero-order valence-electron chi connectivity index (χ0n) is 14.0. The molecule has 0 bridgehead atoms. The van der Waals surface area contributed by atoms with E-state index >= 15 is 0 Å². The Kier molecular flexibility index (Phi) is 6.08. The number of hydrazone groups is 1. The lowest BCUT2D eigenvalue weighted by Crippen LogP contribution is -2.01. The second-order valence-electron chi connectivity index (χ2n) is 5.24. The second-order valence-corrected chi connectivity index (χ2v) is 7.02. The third-order valence-electron chi connectivity index (χ3n) is 3.39. The van der Waals surface area contributed by atoms with Gasteiger partial charge in [0.1, 0.15) is 12.4 Å². The van der Waals surface area contributed by atoms with Crippen molar-refractivity contribution in [1.82, 2.24) is 4.98 Å². The molecule has 0 radical (unpaired) electrons. The summed E-state index contributed by atoms with van der Waals surface area (Å²) in [4.78, 5) is 4.09. The molecule has 6 nitrogen and oxygen atoms in total. The van der Waals surface area contributed by atoms with Crippen molar-refractivity contribution in [2.75, 3.05) is 18.3 Å². The Hall–Kier alpha value is -2.58. The maximum Gasteiger partial charge on any atom is 0.205 e. The molecule has 8 heteroatoms. The van der Waals surface area contributed by atoms with E-state index in [0.717, 1.165) is 15.6 Å². The molecule has 0 spiro atoms. The summed E-state index contributed by atoms with van der Waals surface area (Å²) < 4.78 is 12.4. The summed E-state index contributed by atoms with van der Waals surface area (Å²) >= 11 is 4.85. The minimum absolute atomic E-state index is 0.414. The van der Waals surface area contributed by atoms with Crippen molar-refractivity contribution in [3.8, 4) is 11.5 Å². The zero-order chi connectivity index (χ0) is 18.4. The molecule has 3 aromatic rings. The van der Waals surface area contributed by atoms with Crippen molar-refractivity contribution in [3.63, 3.8) is 0 Å². The zero-order valence-corrected chi connectivity index (χ0v) is 16.4. The number of hydrogen-bond acceptors (Lipinski definition) is 7. The first kappa shape index (κ1) is 18.2. The number of hydrogen-bond donors (Lipinski definition) is 2. The van der Waals surface area contributed by atoms with Crippen LogP contribution in [-0.2, 0) is 6.61 Å². The highest BCUT2D eigenvalue weighted by molar-refractivity contribution is 9.10. The Bertz CT molecular complexity index is 914. The van der Waals surface area contributed by atoms with Crippen LogP contribution in [0.15, 0.2) is 57.4 Å². The minimum atomic E-state index is 0.414. The van der Waals surface area contributed by atoms with Gasteiger partial charge in [-0.05, 0) is 29.8 Å². The van der Waals surface area contributed by atoms with E-state index in [0.29, 0.717) is 29.1 Å². The topological polar surface area (TPSA) is 81.8 Å². The van der Waals surface area contributed by atoms with E-state index in [9.17, 15) is 0 Å². The third-order valence-corrected chi connectivity index (χ3v) is 4.65. The molecule has 0 aliphatic heterocycles. The smallest absolute Gasteiger partial charge is 0.205 e. The number of ether oxygens (including phenoxy) is 2. The maximum atomic E-state index is 6.01. The molecule has 0 aliphatic rings. The summed E-state index contributed by atoms with van der Waals surface area (Å²) in [5.41, 5.74) is 10.3. The Morgan fingerprint density at radius 1 is 1.31 bits per heavy atom. The molecule has 0 fully saturated rings. The van der Waals surface area contributed by atoms with Gasteiger partial charge in [-0.3, -0.25) is 5.43 Å². The van der Waals surface area contributed by atoms with Crippen molar-refractivity contribution < 1.29 is 9.47 Å². The lowest BCUT2D eigenvalue weighted by molar-refractivity contribution is 0.284. The van der Waals surface area contributed by atoms with Crippen LogP contribution in [0.1, 0.15) is 11.1 Å². The number of nitrogen functional groups attached to an aromatic ring is 1. The van der Waals surface area contributed by atoms with Crippen LogP contribution in [0, 0.1) is 0 Å². The predicted molar refractivity (Wildman–Crippen MR) is 109 cm³/mol. The predicted octanol–water partition coefficient (Wildman–Crippen LogP) is 4.52. The Labute approximate surface area is 163 Å². The monoisotopic (exact) mass is 432 g/mol. The van der Waals surface area contributed by atoms with Gasteiger partial charge in [0.2, 0.25) is 5.13 Å². The van der Waals surface area contributed by atoms with Crippen LogP contribution in [0.2, 0.25) is 0 Å². The fourth-order valence-corrected chi connectivity index (χ4v) is 3.22. The molecule has 3 rings (SSSR count). The summed E-state index contributed by atoms with van der Waals surface area (Å²) in [5.74, 6) is 1.73. The van der Waals surface area contributed by atoms with Crippen molar-refractivity contribution in [2.45, 2.75) is 6.61 Å². The van der Waals surface area contributed by atoms with Gasteiger partial charge in [-0.2, -0.15) is 5.10 Å². The molecule has 26 heavy (non-hydrogen) atoms. The van der Waals surface area contributed by atoms with Crippen LogP contribution in [-0.4, -0.2) is 18.3 Å². The number of nitrogens with zero attached hydrogens (tertiary/aromatic N) is 2. The summed E-state index contributed by atoms with van der Waals surface area (Å²) in [6.45, 7) is 0.414. The molecule has 134 valence electrons. The molecule has 0 atom stereocenters. The van der Waals surface area contributed by atoms with Crippen molar-refractivity contribution in [1.29, 1.82) is 0 Å². The van der Waals surface area contributed by atoms with E-state index in [1.165, 1.54) is 11.3 Å². The fraction of sp³-hybridized carbons (Fsp3) is 0.111. The molecular weight excluding hydrogens is 416 g/mol. The normalized spacial score (nSPS) is 10.8. The van der Waals surface area contributed by atoms with Crippen LogP contribution >= 0.6 is 27.3 Å². The van der Waals surface area contributed by atoms with E-state index in [1.54, 1.807) is 18.7 Å². The largest absolute Gasteiger partial charge is 0.493 e. The quantitative estimate of drug-likeness (QED) is 0.423. The molecule has 2 aromatic carbocycles. The molecule has 0 amide bonds. The fourth-order valence-electron chi connectivity index (χ4n) is 2.23. The van der Waals surface area contributed by atoms with Crippen LogP contribution in [0.3, 0.4) is 0 Å². The van der Waals surface area contributed by atoms with Crippen molar-refractivity contribution in [2.24, 2.45) is 5.10 Å². The molecule has 0 unspecified atom stereocenters. The van der Waals surface area contributed by atoms with Crippen LogP contribution < -0.4 is 20.6 Å². The van der Waals surface area contributed by atoms with Gasteiger partial charge in [-0.1, -0.05) is 34.1 Å². The van der Waals surface area contributed by atoms with E-state index in [2.05, 4.69) is 31.4 Å². The van der Waals surface area contributed by atoms with Gasteiger partial charge < -0.3 is 15.2 Å². The van der Waals surface area contributed by atoms with E-state index in [4.69, 9.17) is 15.2 Å². The van der Waals surface area contributed by atoms with E-state index in [1.807, 2.05) is 42.5 Å². The summed E-state index contributed by atoms with van der Waals surface area (Å²) in [5, 5.41) is 6.57. The number of anilines is 2. The van der Waals surface area contributed by atoms with Gasteiger partial charge in [-0.25, -0.2) is 4.98 Å². The minimum Gasteiger partial charge on any atom is -0.493 e. The Morgan fingerprint density at radius 3 is 2.88 bits per heavy atom. The number of rotatable bonds is 7. The average Bonchev–Trinajstić information content (AvgIpc) is 3.05. The average molecular weight is 433 g/mol. The van der Waals surface area contributed by atoms with Crippen LogP contribution in [0.25, 0.3) is 0 Å². The molecule has 1 heterocycles. The number of methoxy groups -OCH3 is 1. The van der Waals surface area contributed by atoms with Gasteiger partial charge in [0.25, 0.3) is 0 Å². The van der Waals surface area contributed by atoms with Gasteiger partial charge in [0, 0.05) is 15.4 Å². The second kappa shape index (κ2) is 8.68. The maximum absolute atomic E-state index is 6.01. The highest BCUT2D eigenvalue weighted by Crippen LogP contribution is 2.31. The lowest BCUT2D eigenvalue weighted by Gasteiger charge is -2.13. The van der Waals surface area contributed by atoms with Crippen molar-refractivity contribution in [3.05, 3.63) is 63.4 Å². The van der Waals surface area contributed by atoms with Crippen LogP contribution in [0.5, 0.6) is 11.5 Å². The first-order valence-corrected chi connectivity index (χ1v) is 9.37. The van der Waals surface area contributed by atoms with Gasteiger partial charge in [0.15, 0.2) is 11.5 Å². The van der Waals surface area contributed by atoms with Gasteiger partial charge in [0.05, 0.1) is 13.3 Å². The highest BCUT2D eigenvalue weighted by atomic mass is 79.9. The third kappa shape index (κ3) is 4.74. The van der Waals surface area contributed by atoms with Gasteiger partial charge in [-0.15, -0.1) is 11.3 Å². The summed E-state index contributed by atoms with van der Waals surface area (Å²) in [7, 11) is 1.61. The van der Waals surface area contributed by atoms with Crippen LogP contribution in [0.4, 0.5) is 10.9 Å². The first-order chi connectivity index (χ1) is 12.7. The molecular formula is C18H17BrN4O2S. The Balaban J connectivity index is 1.76. The summed E-state index contributed by atoms with van der Waals surface area (Å²) in [6.07, 6.45) is 1.66. The lowest BCUT2D eigenvalue weighted by atomic mass is 10.2. The number of aromatic nitrogens is 1. The first-order valence-electron chi connectivity index (χ1n) is 7.70. The van der Waals surface area contributed by atoms with Crippen molar-refractivity contribution >= 4 is 44.4 Å². The molecule has 1 aromatic heterocycles. The molecule has 0 saturated heterocycles. The number of nitrogens with one attached hydrogen (secondary N) is 1. The number of nitrogens with two attached hydrogens (primary N) is 1.